The van der Waals surface area contributed by atoms with Gasteiger partial charge in [-0.15, -0.1) is 0 Å². The van der Waals surface area contributed by atoms with Crippen molar-refractivity contribution in [2.24, 2.45) is 0 Å². The summed E-state index contributed by atoms with van der Waals surface area (Å²) >= 11 is 0. The molecule has 102 valence electrons. The molecule has 0 atom stereocenters. The molecule has 0 saturated heterocycles. The Bertz CT molecular complexity index is 501. The molecule has 2 aliphatic heterocycles. The molecule has 19 heavy (non-hydrogen) atoms. The lowest BCUT2D eigenvalue weighted by molar-refractivity contribution is 0.189. The number of halogens is 1. The Morgan fingerprint density at radius 3 is 2.74 bits per heavy atom. The van der Waals surface area contributed by atoms with Crippen molar-refractivity contribution in [2.45, 2.75) is 57.9 Å². The highest BCUT2D eigenvalue weighted by Crippen LogP contribution is 2.46. The van der Waals surface area contributed by atoms with Gasteiger partial charge in [-0.2, -0.15) is 0 Å². The quantitative estimate of drug-likeness (QED) is 0.592. The van der Waals surface area contributed by atoms with Crippen LogP contribution in [0.15, 0.2) is 47.1 Å². The molecule has 0 unspecified atom stereocenters. The molecule has 0 aromatic carbocycles. The van der Waals surface area contributed by atoms with Crippen LogP contribution in [0.5, 0.6) is 0 Å². The van der Waals surface area contributed by atoms with E-state index in [4.69, 9.17) is 0 Å². The van der Waals surface area contributed by atoms with Crippen molar-refractivity contribution in [1.82, 2.24) is 4.90 Å². The summed E-state index contributed by atoms with van der Waals surface area (Å²) < 4.78 is 14.0. The molecule has 0 amide bonds. The number of allylic oxidation sites excluding steroid dienone is 5. The van der Waals surface area contributed by atoms with Gasteiger partial charge in [0.2, 0.25) is 0 Å². The minimum absolute atomic E-state index is 0.0602. The highest BCUT2D eigenvalue weighted by atomic mass is 19.1. The highest BCUT2D eigenvalue weighted by Gasteiger charge is 2.41. The van der Waals surface area contributed by atoms with Crippen LogP contribution < -0.4 is 0 Å². The molecule has 1 spiro atoms. The van der Waals surface area contributed by atoms with E-state index in [1.54, 1.807) is 12.2 Å². The lowest BCUT2D eigenvalue weighted by atomic mass is 9.84. The molecule has 1 aliphatic carbocycles. The van der Waals surface area contributed by atoms with E-state index in [0.29, 0.717) is 0 Å². The van der Waals surface area contributed by atoms with Crippen molar-refractivity contribution in [3.8, 4) is 0 Å². The van der Waals surface area contributed by atoms with E-state index in [0.717, 1.165) is 18.4 Å². The largest absolute Gasteiger partial charge is 0.342 e. The van der Waals surface area contributed by atoms with E-state index in [1.165, 1.54) is 37.0 Å². The zero-order valence-electron chi connectivity index (χ0n) is 11.9. The van der Waals surface area contributed by atoms with Crippen LogP contribution in [0, 0.1) is 0 Å². The lowest BCUT2D eigenvalue weighted by Gasteiger charge is -2.45. The average molecular weight is 259 g/mol. The second-order valence-corrected chi connectivity index (χ2v) is 6.09. The topological polar surface area (TPSA) is 3.24 Å². The van der Waals surface area contributed by atoms with Gasteiger partial charge in [0.05, 0.1) is 0 Å². The normalized spacial score (nSPS) is 33.3. The summed E-state index contributed by atoms with van der Waals surface area (Å²) in [5, 5.41) is 0. The fourth-order valence-electron chi connectivity index (χ4n) is 3.81. The third-order valence-electron chi connectivity index (χ3n) is 4.72. The molecule has 3 rings (SSSR count). The zero-order chi connectivity index (χ0) is 13.5. The smallest absolute Gasteiger partial charge is 0.119 e. The Morgan fingerprint density at radius 2 is 2.05 bits per heavy atom. The predicted molar refractivity (Wildman–Crippen MR) is 77.1 cm³/mol. The first kappa shape index (κ1) is 12.7. The van der Waals surface area contributed by atoms with Crippen LogP contribution in [0.2, 0.25) is 0 Å². The number of fused-ring (bicyclic) bond motifs is 3. The Hall–Kier alpha value is -1.31. The minimum atomic E-state index is -0.0602. The maximum absolute atomic E-state index is 14.0. The van der Waals surface area contributed by atoms with Crippen molar-refractivity contribution in [1.29, 1.82) is 0 Å². The van der Waals surface area contributed by atoms with Gasteiger partial charge < -0.3 is 4.90 Å². The van der Waals surface area contributed by atoms with Gasteiger partial charge in [0.15, 0.2) is 0 Å². The van der Waals surface area contributed by atoms with E-state index in [-0.39, 0.29) is 11.4 Å². The molecule has 0 radical (unpaired) electrons. The summed E-state index contributed by atoms with van der Waals surface area (Å²) in [6.07, 6.45) is 14.5. The van der Waals surface area contributed by atoms with Crippen LogP contribution in [-0.2, 0) is 0 Å². The fourth-order valence-corrected chi connectivity index (χ4v) is 3.81. The summed E-state index contributed by atoms with van der Waals surface area (Å²) in [6.45, 7) is 4.22. The van der Waals surface area contributed by atoms with E-state index < -0.39 is 0 Å². The summed E-state index contributed by atoms with van der Waals surface area (Å²) in [7, 11) is 0. The van der Waals surface area contributed by atoms with Crippen molar-refractivity contribution in [3.63, 3.8) is 0 Å². The van der Waals surface area contributed by atoms with Gasteiger partial charge in [-0.3, -0.25) is 0 Å². The van der Waals surface area contributed by atoms with Crippen molar-refractivity contribution >= 4 is 0 Å². The van der Waals surface area contributed by atoms with Crippen molar-refractivity contribution in [2.75, 3.05) is 0 Å². The minimum Gasteiger partial charge on any atom is -0.342 e. The van der Waals surface area contributed by atoms with Crippen LogP contribution in [0.25, 0.3) is 0 Å². The SMILES string of the molecule is C/C=C1/C2=C\C(F)=C/CC3(CCCC3)N1C=C(C)C2. The number of rotatable bonds is 0. The molecule has 1 nitrogen and oxygen atoms in total. The van der Waals surface area contributed by atoms with Crippen LogP contribution in [-0.4, -0.2) is 10.4 Å². The summed E-state index contributed by atoms with van der Waals surface area (Å²) in [6, 6.07) is 0. The first-order valence-electron chi connectivity index (χ1n) is 7.34. The van der Waals surface area contributed by atoms with Crippen molar-refractivity contribution in [3.05, 3.63) is 47.1 Å². The van der Waals surface area contributed by atoms with E-state index in [1.807, 2.05) is 0 Å². The summed E-state index contributed by atoms with van der Waals surface area (Å²) in [5.74, 6) is -0.0602. The fraction of sp³-hybridized carbons (Fsp3) is 0.529. The maximum Gasteiger partial charge on any atom is 0.119 e. The third-order valence-corrected chi connectivity index (χ3v) is 4.72. The maximum atomic E-state index is 14.0. The number of hydrogen-bond acceptors (Lipinski definition) is 1. The van der Waals surface area contributed by atoms with Crippen LogP contribution in [0.3, 0.4) is 0 Å². The van der Waals surface area contributed by atoms with Crippen LogP contribution >= 0.6 is 0 Å². The second-order valence-electron chi connectivity index (χ2n) is 6.09. The molecular formula is C17H22FN. The molecule has 0 aromatic rings. The first-order chi connectivity index (χ1) is 9.14. The van der Waals surface area contributed by atoms with Gasteiger partial charge in [0.25, 0.3) is 0 Å². The van der Waals surface area contributed by atoms with Gasteiger partial charge >= 0.3 is 0 Å². The Labute approximate surface area is 115 Å². The molecule has 0 aromatic heterocycles. The third kappa shape index (κ3) is 2.07. The lowest BCUT2D eigenvalue weighted by Crippen LogP contribution is -2.44. The van der Waals surface area contributed by atoms with Gasteiger partial charge in [-0.25, -0.2) is 4.39 Å². The number of hydrogen-bond donors (Lipinski definition) is 0. The number of nitrogens with zero attached hydrogens (tertiary/aromatic N) is 1. The van der Waals surface area contributed by atoms with Crippen molar-refractivity contribution < 1.29 is 4.39 Å². The molecule has 2 heteroatoms. The first-order valence-corrected chi connectivity index (χ1v) is 7.34. The van der Waals surface area contributed by atoms with Gasteiger partial charge in [-0.05, 0) is 57.3 Å². The van der Waals surface area contributed by atoms with Gasteiger partial charge in [0, 0.05) is 17.4 Å². The van der Waals surface area contributed by atoms with E-state index >= 15 is 0 Å². The highest BCUT2D eigenvalue weighted by molar-refractivity contribution is 5.44. The predicted octanol–water partition coefficient (Wildman–Crippen LogP) is 5.00. The van der Waals surface area contributed by atoms with Crippen LogP contribution in [0.4, 0.5) is 4.39 Å². The Kier molecular flexibility index (Phi) is 3.12. The summed E-state index contributed by atoms with van der Waals surface area (Å²) in [5.41, 5.74) is 3.79. The Morgan fingerprint density at radius 1 is 1.32 bits per heavy atom. The molecule has 1 fully saturated rings. The standard InChI is InChI=1S/C17H22FN/c1-3-16-14-10-13(2)12-19(16)17(7-4-5-8-17)9-6-15(18)11-14/h3,6,11-12H,4-5,7-10H2,1-2H3/b14-11-,15-6+,16-3-. The molecular weight excluding hydrogens is 237 g/mol. The molecule has 1 saturated carbocycles. The molecule has 2 bridgehead atoms. The second kappa shape index (κ2) is 4.66. The van der Waals surface area contributed by atoms with Crippen LogP contribution in [0.1, 0.15) is 52.4 Å². The molecule has 3 aliphatic rings. The van der Waals surface area contributed by atoms with Gasteiger partial charge in [0.1, 0.15) is 5.83 Å². The molecule has 0 N–H and O–H groups in total. The summed E-state index contributed by atoms with van der Waals surface area (Å²) in [4.78, 5) is 2.45. The van der Waals surface area contributed by atoms with E-state index in [2.05, 4.69) is 31.0 Å². The zero-order valence-corrected chi connectivity index (χ0v) is 11.9. The van der Waals surface area contributed by atoms with E-state index in [9.17, 15) is 4.39 Å². The monoisotopic (exact) mass is 259 g/mol. The average Bonchev–Trinajstić information content (AvgIpc) is 2.85. The Balaban J connectivity index is 2.16. The van der Waals surface area contributed by atoms with Gasteiger partial charge in [-0.1, -0.05) is 24.5 Å². The molecule has 2 heterocycles.